The summed E-state index contributed by atoms with van der Waals surface area (Å²) in [5.74, 6) is 7.59. The summed E-state index contributed by atoms with van der Waals surface area (Å²) >= 11 is 0. The zero-order chi connectivity index (χ0) is 7.68. The molecule has 0 bridgehead atoms. The van der Waals surface area contributed by atoms with Gasteiger partial charge >= 0.3 is 0 Å². The first-order chi connectivity index (χ1) is 5.38. The van der Waals surface area contributed by atoms with Crippen molar-refractivity contribution >= 4 is 5.69 Å². The molecule has 0 unspecified atom stereocenters. The van der Waals surface area contributed by atoms with E-state index in [1.165, 1.54) is 5.56 Å². The molecule has 2 nitrogen and oxygen atoms in total. The summed E-state index contributed by atoms with van der Waals surface area (Å²) in [6.07, 6.45) is 2.24. The molecule has 2 heteroatoms. The van der Waals surface area contributed by atoms with Crippen LogP contribution in [0.15, 0.2) is 24.3 Å². The monoisotopic (exact) mass is 147 g/mol. The predicted octanol–water partition coefficient (Wildman–Crippen LogP) is 1.64. The van der Waals surface area contributed by atoms with E-state index in [2.05, 4.69) is 6.07 Å². The van der Waals surface area contributed by atoms with Crippen molar-refractivity contribution in [3.63, 3.8) is 0 Å². The number of hydrogen-bond acceptors (Lipinski definition) is 1. The number of fused-ring (bicyclic) bond motifs is 1. The molecule has 0 saturated heterocycles. The Morgan fingerprint density at radius 1 is 1.27 bits per heavy atom. The van der Waals surface area contributed by atoms with Crippen LogP contribution in [0.25, 0.3) is 0 Å². The van der Waals surface area contributed by atoms with Gasteiger partial charge < -0.3 is 0 Å². The van der Waals surface area contributed by atoms with Crippen LogP contribution in [0.4, 0.5) is 5.69 Å². The van der Waals surface area contributed by atoms with Crippen LogP contribution >= 0.6 is 0 Å². The molecule has 11 heavy (non-hydrogen) atoms. The van der Waals surface area contributed by atoms with Gasteiger partial charge in [0, 0.05) is 6.54 Å². The number of para-hydroxylation sites is 1. The van der Waals surface area contributed by atoms with Crippen molar-refractivity contribution < 1.29 is 0 Å². The first-order valence-corrected chi connectivity index (χ1v) is 3.94. The van der Waals surface area contributed by atoms with Gasteiger partial charge in [0.2, 0.25) is 0 Å². The molecule has 0 saturated carbocycles. The summed E-state index contributed by atoms with van der Waals surface area (Å²) in [6.45, 7) is 0.872. The van der Waals surface area contributed by atoms with Crippen molar-refractivity contribution in [1.29, 1.82) is 0 Å². The molecule has 0 amide bonds. The fourth-order valence-electron chi connectivity index (χ4n) is 1.53. The standard InChI is InChI=1S/C9H11N2/c10-11-7-3-5-8-4-1-2-6-9(8)11/h1-2,4,6,10H,3,5,7H2. The molecule has 2 rings (SSSR count). The lowest BCUT2D eigenvalue weighted by atomic mass is 10.0. The Labute approximate surface area is 66.6 Å². The number of hydrogen-bond donors (Lipinski definition) is 0. The highest BCUT2D eigenvalue weighted by Crippen LogP contribution is 2.24. The van der Waals surface area contributed by atoms with E-state index in [1.54, 1.807) is 5.01 Å². The Kier molecular flexibility index (Phi) is 1.55. The molecule has 1 radical (unpaired) electrons. The van der Waals surface area contributed by atoms with E-state index in [9.17, 15) is 0 Å². The van der Waals surface area contributed by atoms with E-state index < -0.39 is 0 Å². The lowest BCUT2D eigenvalue weighted by Crippen LogP contribution is -2.26. The van der Waals surface area contributed by atoms with Crippen LogP contribution in [0.1, 0.15) is 12.0 Å². The molecule has 1 aromatic carbocycles. The van der Waals surface area contributed by atoms with E-state index in [4.69, 9.17) is 5.84 Å². The van der Waals surface area contributed by atoms with Gasteiger partial charge in [0.1, 0.15) is 0 Å². The van der Waals surface area contributed by atoms with Crippen LogP contribution < -0.4 is 10.9 Å². The summed E-state index contributed by atoms with van der Waals surface area (Å²) in [7, 11) is 0. The van der Waals surface area contributed by atoms with E-state index in [0.717, 1.165) is 25.1 Å². The molecule has 1 N–H and O–H groups in total. The second-order valence-electron chi connectivity index (χ2n) is 2.88. The molecule has 0 atom stereocenters. The van der Waals surface area contributed by atoms with Crippen molar-refractivity contribution in [2.45, 2.75) is 12.8 Å². The van der Waals surface area contributed by atoms with Crippen LogP contribution in [0.3, 0.4) is 0 Å². The normalized spacial score (nSPS) is 16.3. The lowest BCUT2D eigenvalue weighted by Gasteiger charge is -2.25. The molecule has 1 heterocycles. The Morgan fingerprint density at radius 3 is 2.91 bits per heavy atom. The van der Waals surface area contributed by atoms with Gasteiger partial charge in [-0.25, -0.2) is 0 Å². The highest BCUT2D eigenvalue weighted by atomic mass is 15.4. The van der Waals surface area contributed by atoms with Crippen LogP contribution in [0.2, 0.25) is 0 Å². The summed E-state index contributed by atoms with van der Waals surface area (Å²) < 4.78 is 0. The van der Waals surface area contributed by atoms with Crippen molar-refractivity contribution in [3.05, 3.63) is 29.8 Å². The molecule has 57 valence electrons. The zero-order valence-electron chi connectivity index (χ0n) is 6.38. The average Bonchev–Trinajstić information content (AvgIpc) is 2.06. The number of rotatable bonds is 0. The molecule has 1 aromatic rings. The van der Waals surface area contributed by atoms with Crippen LogP contribution in [-0.2, 0) is 6.42 Å². The van der Waals surface area contributed by atoms with Gasteiger partial charge in [-0.3, -0.25) is 5.01 Å². The molecule has 0 aromatic heterocycles. The summed E-state index contributed by atoms with van der Waals surface area (Å²) in [6, 6.07) is 8.15. The molecule has 1 aliphatic heterocycles. The van der Waals surface area contributed by atoms with E-state index in [1.807, 2.05) is 18.2 Å². The first kappa shape index (κ1) is 6.68. The average molecular weight is 147 g/mol. The maximum atomic E-state index is 7.59. The fraction of sp³-hybridized carbons (Fsp3) is 0.333. The Hall–Kier alpha value is -1.02. The quantitative estimate of drug-likeness (QED) is 0.548. The molecule has 0 spiro atoms. The van der Waals surface area contributed by atoms with Crippen molar-refractivity contribution in [1.82, 2.24) is 5.84 Å². The van der Waals surface area contributed by atoms with Gasteiger partial charge in [-0.05, 0) is 24.5 Å². The van der Waals surface area contributed by atoms with Gasteiger partial charge in [-0.1, -0.05) is 18.2 Å². The predicted molar refractivity (Wildman–Crippen MR) is 45.2 cm³/mol. The maximum Gasteiger partial charge on any atom is 0.0565 e. The minimum atomic E-state index is 0.872. The third-order valence-electron chi connectivity index (χ3n) is 2.11. The highest BCUT2D eigenvalue weighted by Gasteiger charge is 2.12. The summed E-state index contributed by atoms with van der Waals surface area (Å²) in [5, 5.41) is 1.58. The van der Waals surface area contributed by atoms with Gasteiger partial charge in [0.25, 0.3) is 0 Å². The topological polar surface area (TPSA) is 27.0 Å². The fourth-order valence-corrected chi connectivity index (χ4v) is 1.53. The zero-order valence-corrected chi connectivity index (χ0v) is 6.38. The third-order valence-corrected chi connectivity index (χ3v) is 2.11. The number of benzene rings is 1. The van der Waals surface area contributed by atoms with E-state index in [-0.39, 0.29) is 0 Å². The first-order valence-electron chi connectivity index (χ1n) is 3.94. The minimum absolute atomic E-state index is 0.872. The second kappa shape index (κ2) is 2.55. The van der Waals surface area contributed by atoms with Crippen LogP contribution in [0, 0.1) is 0 Å². The van der Waals surface area contributed by atoms with Crippen LogP contribution in [0.5, 0.6) is 0 Å². The third kappa shape index (κ3) is 1.10. The molecule has 0 fully saturated rings. The maximum absolute atomic E-state index is 7.59. The largest absolute Gasteiger partial charge is 0.293 e. The minimum Gasteiger partial charge on any atom is -0.293 e. The Bertz CT molecular complexity index is 257. The van der Waals surface area contributed by atoms with Gasteiger partial charge in [-0.15, -0.1) is 0 Å². The lowest BCUT2D eigenvalue weighted by molar-refractivity contribution is 0.701. The Balaban J connectivity index is 2.44. The molecular formula is C9H11N2. The smallest absolute Gasteiger partial charge is 0.0565 e. The number of nitrogens with zero attached hydrogens (tertiary/aromatic N) is 1. The van der Waals surface area contributed by atoms with Gasteiger partial charge in [0.05, 0.1) is 5.69 Å². The van der Waals surface area contributed by atoms with E-state index >= 15 is 0 Å². The molecule has 0 aliphatic carbocycles. The van der Waals surface area contributed by atoms with E-state index in [0.29, 0.717) is 0 Å². The van der Waals surface area contributed by atoms with Crippen molar-refractivity contribution in [2.24, 2.45) is 0 Å². The molecule has 1 aliphatic rings. The second-order valence-corrected chi connectivity index (χ2v) is 2.88. The van der Waals surface area contributed by atoms with Gasteiger partial charge in [-0.2, -0.15) is 5.84 Å². The summed E-state index contributed by atoms with van der Waals surface area (Å²) in [4.78, 5) is 0. The molecular weight excluding hydrogens is 136 g/mol. The van der Waals surface area contributed by atoms with Crippen molar-refractivity contribution in [2.75, 3.05) is 11.6 Å². The van der Waals surface area contributed by atoms with Crippen LogP contribution in [-0.4, -0.2) is 6.54 Å². The number of anilines is 1. The Morgan fingerprint density at radius 2 is 2.09 bits per heavy atom. The number of aryl methyl sites for hydroxylation is 1. The SMILES string of the molecule is [NH]N1CCCc2ccccc21. The van der Waals surface area contributed by atoms with Gasteiger partial charge in [0.15, 0.2) is 0 Å². The summed E-state index contributed by atoms with van der Waals surface area (Å²) in [5.41, 5.74) is 2.40. The van der Waals surface area contributed by atoms with Crippen molar-refractivity contribution in [3.8, 4) is 0 Å². The number of nitrogens with one attached hydrogen (secondary N) is 1. The highest BCUT2D eigenvalue weighted by molar-refractivity contribution is 5.53.